The lowest BCUT2D eigenvalue weighted by Gasteiger charge is -2.30. The van der Waals surface area contributed by atoms with Crippen molar-refractivity contribution in [3.8, 4) is 0 Å². The molecule has 1 amide bonds. The Morgan fingerprint density at radius 3 is 2.38 bits per heavy atom. The summed E-state index contributed by atoms with van der Waals surface area (Å²) in [7, 11) is 0. The van der Waals surface area contributed by atoms with Gasteiger partial charge in [-0.15, -0.1) is 0 Å². The number of aliphatic carboxylic acids is 1. The molecule has 0 aromatic heterocycles. The van der Waals surface area contributed by atoms with Crippen LogP contribution in [0.25, 0.3) is 0 Å². The second-order valence-electron chi connectivity index (χ2n) is 7.05. The van der Waals surface area contributed by atoms with Crippen molar-refractivity contribution < 1.29 is 19.1 Å². The Morgan fingerprint density at radius 1 is 1.21 bits per heavy atom. The molecule has 1 aromatic rings. The first-order valence-electron chi connectivity index (χ1n) is 8.65. The highest BCUT2D eigenvalue weighted by atomic mass is 19.1. The molecule has 1 aliphatic rings. The molecule has 1 unspecified atom stereocenters. The third kappa shape index (κ3) is 4.79. The summed E-state index contributed by atoms with van der Waals surface area (Å²) in [5, 5.41) is 12.0. The maximum Gasteiger partial charge on any atom is 0.326 e. The average Bonchev–Trinajstić information content (AvgIpc) is 2.56. The Morgan fingerprint density at radius 2 is 1.83 bits per heavy atom. The largest absolute Gasteiger partial charge is 0.480 e. The topological polar surface area (TPSA) is 66.4 Å². The summed E-state index contributed by atoms with van der Waals surface area (Å²) in [5.74, 6) is -0.689. The molecule has 4 nitrogen and oxygen atoms in total. The van der Waals surface area contributed by atoms with Crippen LogP contribution in [0.2, 0.25) is 0 Å². The third-order valence-electron chi connectivity index (χ3n) is 5.08. The quantitative estimate of drug-likeness (QED) is 0.837. The van der Waals surface area contributed by atoms with Crippen molar-refractivity contribution in [1.29, 1.82) is 0 Å². The van der Waals surface area contributed by atoms with Gasteiger partial charge in [-0.2, -0.15) is 0 Å². The van der Waals surface area contributed by atoms with E-state index in [-0.39, 0.29) is 18.2 Å². The van der Waals surface area contributed by atoms with Crippen molar-refractivity contribution in [3.63, 3.8) is 0 Å². The number of rotatable bonds is 6. The maximum absolute atomic E-state index is 13.7. The summed E-state index contributed by atoms with van der Waals surface area (Å²) in [6.45, 7) is 4.39. The van der Waals surface area contributed by atoms with Crippen molar-refractivity contribution in [2.24, 2.45) is 17.8 Å². The highest BCUT2D eigenvalue weighted by Crippen LogP contribution is 2.33. The molecule has 0 aliphatic heterocycles. The monoisotopic (exact) mass is 335 g/mol. The molecule has 2 N–H and O–H groups in total. The van der Waals surface area contributed by atoms with Crippen LogP contribution in [0, 0.1) is 23.6 Å². The Balaban J connectivity index is 1.95. The van der Waals surface area contributed by atoms with Crippen LogP contribution in [0.1, 0.15) is 45.1 Å². The lowest BCUT2D eigenvalue weighted by Crippen LogP contribution is -2.45. The fourth-order valence-electron chi connectivity index (χ4n) is 3.42. The first-order valence-corrected chi connectivity index (χ1v) is 8.65. The molecule has 24 heavy (non-hydrogen) atoms. The molecule has 1 atom stereocenters. The lowest BCUT2D eigenvalue weighted by atomic mass is 9.76. The van der Waals surface area contributed by atoms with Gasteiger partial charge in [0, 0.05) is 12.3 Å². The standard InChI is InChI=1S/C19H26FNO3/c1-12(2)13-7-9-14(10-8-13)18(22)21-17(19(23)24)11-15-5-3-4-6-16(15)20/h3-6,12-14,17H,7-11H2,1-2H3,(H,21,22)(H,23,24)/t13-,14-,17?. The number of benzene rings is 1. The van der Waals surface area contributed by atoms with Gasteiger partial charge in [0.2, 0.25) is 5.91 Å². The third-order valence-corrected chi connectivity index (χ3v) is 5.08. The van der Waals surface area contributed by atoms with E-state index < -0.39 is 17.8 Å². The van der Waals surface area contributed by atoms with Gasteiger partial charge in [-0.25, -0.2) is 9.18 Å². The van der Waals surface area contributed by atoms with E-state index in [4.69, 9.17) is 0 Å². The summed E-state index contributed by atoms with van der Waals surface area (Å²) in [5.41, 5.74) is 0.300. The van der Waals surface area contributed by atoms with Crippen molar-refractivity contribution in [2.75, 3.05) is 0 Å². The Hall–Kier alpha value is -1.91. The fraction of sp³-hybridized carbons (Fsp3) is 0.579. The molecule has 1 aliphatic carbocycles. The molecule has 0 bridgehead atoms. The number of carboxylic acid groups (broad SMARTS) is 1. The molecule has 1 saturated carbocycles. The van der Waals surface area contributed by atoms with E-state index in [0.717, 1.165) is 25.7 Å². The zero-order chi connectivity index (χ0) is 17.7. The zero-order valence-electron chi connectivity index (χ0n) is 14.3. The van der Waals surface area contributed by atoms with Gasteiger partial charge in [-0.3, -0.25) is 4.79 Å². The van der Waals surface area contributed by atoms with Crippen molar-refractivity contribution in [2.45, 2.75) is 52.0 Å². The number of amides is 1. The van der Waals surface area contributed by atoms with Gasteiger partial charge in [-0.05, 0) is 49.1 Å². The summed E-state index contributed by atoms with van der Waals surface area (Å²) < 4.78 is 13.7. The molecule has 0 spiro atoms. The molecule has 1 fully saturated rings. The summed E-state index contributed by atoms with van der Waals surface area (Å²) in [6.07, 6.45) is 3.54. The van der Waals surface area contributed by atoms with Crippen LogP contribution in [0.3, 0.4) is 0 Å². The van der Waals surface area contributed by atoms with E-state index >= 15 is 0 Å². The minimum absolute atomic E-state index is 0.0465. The average molecular weight is 335 g/mol. The number of hydrogen-bond donors (Lipinski definition) is 2. The van der Waals surface area contributed by atoms with E-state index in [1.807, 2.05) is 0 Å². The number of carbonyl (C=O) groups is 2. The highest BCUT2D eigenvalue weighted by molar-refractivity contribution is 5.85. The van der Waals surface area contributed by atoms with Crippen LogP contribution in [0.5, 0.6) is 0 Å². The number of carbonyl (C=O) groups excluding carboxylic acids is 1. The Labute approximate surface area is 142 Å². The number of nitrogens with one attached hydrogen (secondary N) is 1. The second kappa shape index (κ2) is 8.27. The molecule has 132 valence electrons. The molecule has 0 saturated heterocycles. The minimum Gasteiger partial charge on any atom is -0.480 e. The smallest absolute Gasteiger partial charge is 0.326 e. The van der Waals surface area contributed by atoms with E-state index in [0.29, 0.717) is 17.4 Å². The lowest BCUT2D eigenvalue weighted by molar-refractivity contribution is -0.142. The van der Waals surface area contributed by atoms with E-state index in [9.17, 15) is 19.1 Å². The second-order valence-corrected chi connectivity index (χ2v) is 7.05. The number of hydrogen-bond acceptors (Lipinski definition) is 2. The van der Waals surface area contributed by atoms with Gasteiger partial charge < -0.3 is 10.4 Å². The van der Waals surface area contributed by atoms with Gasteiger partial charge in [0.1, 0.15) is 11.9 Å². The van der Waals surface area contributed by atoms with Crippen LogP contribution < -0.4 is 5.32 Å². The van der Waals surface area contributed by atoms with Crippen molar-refractivity contribution >= 4 is 11.9 Å². The van der Waals surface area contributed by atoms with E-state index in [1.165, 1.54) is 6.07 Å². The van der Waals surface area contributed by atoms with Gasteiger partial charge in [0.25, 0.3) is 0 Å². The molecular formula is C19H26FNO3. The summed E-state index contributed by atoms with van der Waals surface area (Å²) >= 11 is 0. The highest BCUT2D eigenvalue weighted by Gasteiger charge is 2.30. The first kappa shape index (κ1) is 18.4. The van der Waals surface area contributed by atoms with Crippen LogP contribution in [0.4, 0.5) is 4.39 Å². The molecule has 0 heterocycles. The minimum atomic E-state index is -1.14. The van der Waals surface area contributed by atoms with Crippen LogP contribution in [-0.4, -0.2) is 23.0 Å². The summed E-state index contributed by atoms with van der Waals surface area (Å²) in [6, 6.07) is 4.96. The van der Waals surface area contributed by atoms with Crippen LogP contribution in [0.15, 0.2) is 24.3 Å². The van der Waals surface area contributed by atoms with Gasteiger partial charge >= 0.3 is 5.97 Å². The van der Waals surface area contributed by atoms with Gasteiger partial charge in [0.15, 0.2) is 0 Å². The van der Waals surface area contributed by atoms with Crippen LogP contribution >= 0.6 is 0 Å². The summed E-state index contributed by atoms with van der Waals surface area (Å²) in [4.78, 5) is 23.8. The first-order chi connectivity index (χ1) is 11.4. The normalized spacial score (nSPS) is 22.2. The number of carboxylic acids is 1. The SMILES string of the molecule is CC(C)[C@H]1CC[C@H](C(=O)NC(Cc2ccccc2F)C(=O)O)CC1. The van der Waals surface area contributed by atoms with E-state index in [2.05, 4.69) is 19.2 Å². The van der Waals surface area contributed by atoms with Crippen molar-refractivity contribution in [3.05, 3.63) is 35.6 Å². The maximum atomic E-state index is 13.7. The molecule has 5 heteroatoms. The molecule has 0 radical (unpaired) electrons. The molecule has 1 aromatic carbocycles. The predicted molar refractivity (Wildman–Crippen MR) is 90.0 cm³/mol. The Kier molecular flexibility index (Phi) is 6.35. The Bertz CT molecular complexity index is 580. The fourth-order valence-corrected chi connectivity index (χ4v) is 3.42. The van der Waals surface area contributed by atoms with Gasteiger partial charge in [0.05, 0.1) is 0 Å². The zero-order valence-corrected chi connectivity index (χ0v) is 14.3. The van der Waals surface area contributed by atoms with Crippen LogP contribution in [-0.2, 0) is 16.0 Å². The molecule has 2 rings (SSSR count). The van der Waals surface area contributed by atoms with E-state index in [1.54, 1.807) is 18.2 Å². The van der Waals surface area contributed by atoms with Crippen molar-refractivity contribution in [1.82, 2.24) is 5.32 Å². The van der Waals surface area contributed by atoms with Gasteiger partial charge in [-0.1, -0.05) is 32.0 Å². The molecular weight excluding hydrogens is 309 g/mol. The number of halogens is 1. The predicted octanol–water partition coefficient (Wildman–Crippen LogP) is 3.40.